The summed E-state index contributed by atoms with van der Waals surface area (Å²) in [6.07, 6.45) is 0.415. The van der Waals surface area contributed by atoms with E-state index in [1.807, 2.05) is 32.0 Å². The van der Waals surface area contributed by atoms with Crippen molar-refractivity contribution >= 4 is 17.6 Å². The Balaban J connectivity index is 1.91. The quantitative estimate of drug-likeness (QED) is 0.717. The summed E-state index contributed by atoms with van der Waals surface area (Å²) in [5, 5.41) is 9.39. The van der Waals surface area contributed by atoms with Gasteiger partial charge in [-0.05, 0) is 61.2 Å². The van der Waals surface area contributed by atoms with Crippen LogP contribution in [0.3, 0.4) is 0 Å². The molecule has 2 aromatic rings. The zero-order valence-electron chi connectivity index (χ0n) is 13.8. The Kier molecular flexibility index (Phi) is 6.50. The maximum absolute atomic E-state index is 10.8. The summed E-state index contributed by atoms with van der Waals surface area (Å²) in [5.74, 6) is 0.644. The first kappa shape index (κ1) is 18.1. The number of carboxylic acid groups (broad SMARTS) is 1. The molecule has 0 aromatic heterocycles. The van der Waals surface area contributed by atoms with Crippen molar-refractivity contribution in [3.63, 3.8) is 0 Å². The van der Waals surface area contributed by atoms with Gasteiger partial charge in [-0.3, -0.25) is 4.79 Å². The minimum Gasteiger partial charge on any atom is -0.490 e. The highest BCUT2D eigenvalue weighted by atomic mass is 35.5. The third-order valence-electron chi connectivity index (χ3n) is 3.57. The average Bonchev–Trinajstić information content (AvgIpc) is 2.54. The van der Waals surface area contributed by atoms with Crippen LogP contribution < -0.4 is 9.47 Å². The van der Waals surface area contributed by atoms with E-state index in [0.29, 0.717) is 30.4 Å². The highest BCUT2D eigenvalue weighted by molar-refractivity contribution is 6.30. The van der Waals surface area contributed by atoms with E-state index in [1.54, 1.807) is 18.2 Å². The van der Waals surface area contributed by atoms with E-state index < -0.39 is 5.97 Å². The maximum Gasteiger partial charge on any atom is 0.303 e. The van der Waals surface area contributed by atoms with Crippen molar-refractivity contribution in [3.05, 3.63) is 58.1 Å². The van der Waals surface area contributed by atoms with E-state index in [9.17, 15) is 4.79 Å². The molecule has 0 bridgehead atoms. The minimum absolute atomic E-state index is 0.0374. The van der Waals surface area contributed by atoms with E-state index in [2.05, 4.69) is 0 Å². The van der Waals surface area contributed by atoms with Crippen molar-refractivity contribution in [3.8, 4) is 11.5 Å². The zero-order valence-corrected chi connectivity index (χ0v) is 14.6. The predicted octanol–water partition coefficient (Wildman–Crippen LogP) is 4.43. The van der Waals surface area contributed by atoms with Gasteiger partial charge < -0.3 is 14.6 Å². The summed E-state index contributed by atoms with van der Waals surface area (Å²) in [6.45, 7) is 4.80. The molecule has 0 aliphatic heterocycles. The summed E-state index contributed by atoms with van der Waals surface area (Å²) in [7, 11) is 0. The molecule has 0 aliphatic rings. The monoisotopic (exact) mass is 348 g/mol. The fraction of sp³-hybridized carbons (Fsp3) is 0.316. The van der Waals surface area contributed by atoms with Crippen LogP contribution in [0.4, 0.5) is 0 Å². The number of halogens is 1. The van der Waals surface area contributed by atoms with Gasteiger partial charge in [0.25, 0.3) is 0 Å². The number of hydrogen-bond acceptors (Lipinski definition) is 3. The van der Waals surface area contributed by atoms with Gasteiger partial charge in [0.1, 0.15) is 24.7 Å². The molecule has 4 nitrogen and oxygen atoms in total. The first-order chi connectivity index (χ1) is 11.5. The Labute approximate surface area is 147 Å². The van der Waals surface area contributed by atoms with Gasteiger partial charge in [-0.25, -0.2) is 0 Å². The molecule has 0 amide bonds. The molecule has 0 saturated heterocycles. The highest BCUT2D eigenvalue weighted by Crippen LogP contribution is 2.24. The van der Waals surface area contributed by atoms with Gasteiger partial charge in [-0.2, -0.15) is 0 Å². The molecule has 0 radical (unpaired) electrons. The largest absolute Gasteiger partial charge is 0.490 e. The molecule has 24 heavy (non-hydrogen) atoms. The first-order valence-electron chi connectivity index (χ1n) is 7.79. The van der Waals surface area contributed by atoms with E-state index >= 15 is 0 Å². The summed E-state index contributed by atoms with van der Waals surface area (Å²) < 4.78 is 11.5. The SMILES string of the molecule is Cc1ccc(C)c(OCCOc2ccc(Cl)cc2CCC(=O)O)c1. The predicted molar refractivity (Wildman–Crippen MR) is 94.3 cm³/mol. The molecule has 0 aliphatic carbocycles. The van der Waals surface area contributed by atoms with E-state index in [0.717, 1.165) is 22.4 Å². The van der Waals surface area contributed by atoms with E-state index in [4.69, 9.17) is 26.2 Å². The van der Waals surface area contributed by atoms with Gasteiger partial charge in [-0.1, -0.05) is 23.7 Å². The summed E-state index contributed by atoms with van der Waals surface area (Å²) in [6, 6.07) is 11.3. The molecular formula is C19H21ClO4. The lowest BCUT2D eigenvalue weighted by Crippen LogP contribution is -2.11. The van der Waals surface area contributed by atoms with Crippen LogP contribution in [0.15, 0.2) is 36.4 Å². The number of aryl methyl sites for hydroxylation is 3. The van der Waals surface area contributed by atoms with Crippen molar-refractivity contribution in [1.82, 2.24) is 0 Å². The molecular weight excluding hydrogens is 328 g/mol. The van der Waals surface area contributed by atoms with Crippen LogP contribution in [0.25, 0.3) is 0 Å². The number of carboxylic acids is 1. The van der Waals surface area contributed by atoms with Crippen LogP contribution in [0.5, 0.6) is 11.5 Å². The van der Waals surface area contributed by atoms with Crippen LogP contribution in [-0.2, 0) is 11.2 Å². The van der Waals surface area contributed by atoms with Crippen molar-refractivity contribution in [2.75, 3.05) is 13.2 Å². The van der Waals surface area contributed by atoms with Gasteiger partial charge in [0.15, 0.2) is 0 Å². The van der Waals surface area contributed by atoms with Gasteiger partial charge in [-0.15, -0.1) is 0 Å². The van der Waals surface area contributed by atoms with Crippen LogP contribution in [0.1, 0.15) is 23.1 Å². The summed E-state index contributed by atoms with van der Waals surface area (Å²) in [5.41, 5.74) is 3.01. The molecule has 2 rings (SSSR count). The van der Waals surface area contributed by atoms with Crippen molar-refractivity contribution in [2.45, 2.75) is 26.7 Å². The smallest absolute Gasteiger partial charge is 0.303 e. The number of benzene rings is 2. The number of carbonyl (C=O) groups is 1. The molecule has 0 fully saturated rings. The van der Waals surface area contributed by atoms with Crippen molar-refractivity contribution in [1.29, 1.82) is 0 Å². The molecule has 0 atom stereocenters. The molecule has 0 unspecified atom stereocenters. The van der Waals surface area contributed by atoms with Gasteiger partial charge in [0.05, 0.1) is 0 Å². The Morgan fingerprint density at radius 2 is 1.75 bits per heavy atom. The molecule has 0 spiro atoms. The lowest BCUT2D eigenvalue weighted by atomic mass is 10.1. The average molecular weight is 349 g/mol. The fourth-order valence-corrected chi connectivity index (χ4v) is 2.49. The molecule has 1 N–H and O–H groups in total. The van der Waals surface area contributed by atoms with Crippen molar-refractivity contribution in [2.24, 2.45) is 0 Å². The van der Waals surface area contributed by atoms with Gasteiger partial charge in [0.2, 0.25) is 0 Å². The number of aliphatic carboxylic acids is 1. The summed E-state index contributed by atoms with van der Waals surface area (Å²) in [4.78, 5) is 10.8. The van der Waals surface area contributed by atoms with Crippen LogP contribution in [0, 0.1) is 13.8 Å². The molecule has 0 saturated carbocycles. The Hall–Kier alpha value is -2.20. The van der Waals surface area contributed by atoms with Crippen molar-refractivity contribution < 1.29 is 19.4 Å². The van der Waals surface area contributed by atoms with Crippen LogP contribution >= 0.6 is 11.6 Å². The molecule has 2 aromatic carbocycles. The van der Waals surface area contributed by atoms with Crippen LogP contribution in [0.2, 0.25) is 5.02 Å². The Morgan fingerprint density at radius 1 is 1.04 bits per heavy atom. The van der Waals surface area contributed by atoms with Crippen LogP contribution in [-0.4, -0.2) is 24.3 Å². The second-order valence-corrected chi connectivity index (χ2v) is 6.05. The minimum atomic E-state index is -0.848. The fourth-order valence-electron chi connectivity index (χ4n) is 2.29. The molecule has 0 heterocycles. The van der Waals surface area contributed by atoms with Gasteiger partial charge >= 0.3 is 5.97 Å². The summed E-state index contributed by atoms with van der Waals surface area (Å²) >= 11 is 5.98. The first-order valence-corrected chi connectivity index (χ1v) is 8.16. The zero-order chi connectivity index (χ0) is 17.5. The van der Waals surface area contributed by atoms with E-state index in [1.165, 1.54) is 0 Å². The second-order valence-electron chi connectivity index (χ2n) is 5.61. The number of rotatable bonds is 8. The molecule has 128 valence electrons. The highest BCUT2D eigenvalue weighted by Gasteiger charge is 2.08. The van der Waals surface area contributed by atoms with Gasteiger partial charge in [0, 0.05) is 11.4 Å². The Morgan fingerprint density at radius 3 is 2.46 bits per heavy atom. The number of ether oxygens (including phenoxy) is 2. The number of hydrogen-bond donors (Lipinski definition) is 1. The normalized spacial score (nSPS) is 10.5. The topological polar surface area (TPSA) is 55.8 Å². The third-order valence-corrected chi connectivity index (χ3v) is 3.81. The standard InChI is InChI=1S/C19H21ClO4/c1-13-3-4-14(2)18(11-13)24-10-9-23-17-7-6-16(20)12-15(17)5-8-19(21)22/h3-4,6-7,11-12H,5,8-10H2,1-2H3,(H,21,22). The Bertz CT molecular complexity index is 713. The lowest BCUT2D eigenvalue weighted by Gasteiger charge is -2.13. The molecule has 5 heteroatoms. The lowest BCUT2D eigenvalue weighted by molar-refractivity contribution is -0.136. The second kappa shape index (κ2) is 8.60. The third kappa shape index (κ3) is 5.46. The maximum atomic E-state index is 10.8. The van der Waals surface area contributed by atoms with E-state index in [-0.39, 0.29) is 6.42 Å².